The molecule has 0 unspecified atom stereocenters. The van der Waals surface area contributed by atoms with Crippen LogP contribution in [0.3, 0.4) is 0 Å². The fourth-order valence-corrected chi connectivity index (χ4v) is 2.30. The average Bonchev–Trinajstić information content (AvgIpc) is 2.44. The highest BCUT2D eigenvalue weighted by molar-refractivity contribution is 5.35. The Morgan fingerprint density at radius 2 is 1.71 bits per heavy atom. The van der Waals surface area contributed by atoms with Crippen LogP contribution < -0.4 is 5.73 Å². The second-order valence-electron chi connectivity index (χ2n) is 4.73. The van der Waals surface area contributed by atoms with E-state index < -0.39 is 0 Å². The molecule has 0 saturated carbocycles. The van der Waals surface area contributed by atoms with Crippen molar-refractivity contribution in [1.29, 1.82) is 0 Å². The third-order valence-corrected chi connectivity index (χ3v) is 3.10. The molecule has 0 atom stereocenters. The number of anilines is 1. The van der Waals surface area contributed by atoms with Gasteiger partial charge in [0.2, 0.25) is 0 Å². The minimum Gasteiger partial charge on any atom is -0.369 e. The molecule has 0 bridgehead atoms. The third-order valence-electron chi connectivity index (χ3n) is 3.10. The number of aryl methyl sites for hydroxylation is 3. The molecule has 0 radical (unpaired) electrons. The second-order valence-corrected chi connectivity index (χ2v) is 4.73. The molecular formula is C14H19N3. The minimum absolute atomic E-state index is 0.585. The molecule has 1 aromatic heterocycles. The molecule has 0 aliphatic heterocycles. The van der Waals surface area contributed by atoms with E-state index in [1.165, 1.54) is 22.4 Å². The van der Waals surface area contributed by atoms with Crippen LogP contribution in [-0.2, 0) is 13.5 Å². The first-order chi connectivity index (χ1) is 7.97. The van der Waals surface area contributed by atoms with E-state index in [9.17, 15) is 0 Å². The van der Waals surface area contributed by atoms with Gasteiger partial charge in [0.05, 0.1) is 5.69 Å². The van der Waals surface area contributed by atoms with Crippen LogP contribution in [0.1, 0.15) is 28.1 Å². The van der Waals surface area contributed by atoms with E-state index in [1.807, 2.05) is 18.5 Å². The first kappa shape index (κ1) is 11.7. The number of hydrogen-bond donors (Lipinski definition) is 1. The van der Waals surface area contributed by atoms with E-state index in [2.05, 4.69) is 37.0 Å². The summed E-state index contributed by atoms with van der Waals surface area (Å²) in [6.45, 7) is 6.26. The summed E-state index contributed by atoms with van der Waals surface area (Å²) in [5, 5.41) is 0. The van der Waals surface area contributed by atoms with E-state index in [0.29, 0.717) is 5.95 Å². The number of aromatic nitrogens is 2. The molecular weight excluding hydrogens is 210 g/mol. The molecule has 3 heteroatoms. The summed E-state index contributed by atoms with van der Waals surface area (Å²) in [5.41, 5.74) is 11.9. The quantitative estimate of drug-likeness (QED) is 0.860. The lowest BCUT2D eigenvalue weighted by Gasteiger charge is -2.07. The van der Waals surface area contributed by atoms with Gasteiger partial charge >= 0.3 is 0 Å². The zero-order valence-electron chi connectivity index (χ0n) is 10.9. The zero-order valence-corrected chi connectivity index (χ0v) is 10.9. The first-order valence-electron chi connectivity index (χ1n) is 5.82. The number of nitrogen functional groups attached to an aromatic ring is 1. The number of hydrogen-bond acceptors (Lipinski definition) is 2. The lowest BCUT2D eigenvalue weighted by atomic mass is 10.0. The molecule has 0 fully saturated rings. The summed E-state index contributed by atoms with van der Waals surface area (Å²) in [6, 6.07) is 6.62. The van der Waals surface area contributed by atoms with Crippen LogP contribution in [-0.4, -0.2) is 9.55 Å². The van der Waals surface area contributed by atoms with Crippen molar-refractivity contribution in [3.05, 3.63) is 46.3 Å². The summed E-state index contributed by atoms with van der Waals surface area (Å²) in [6.07, 6.45) is 0.884. The maximum atomic E-state index is 5.81. The zero-order chi connectivity index (χ0) is 12.6. The van der Waals surface area contributed by atoms with Gasteiger partial charge in [-0.2, -0.15) is 0 Å². The first-order valence-corrected chi connectivity index (χ1v) is 5.82. The molecule has 0 aliphatic rings. The largest absolute Gasteiger partial charge is 0.369 e. The molecule has 0 amide bonds. The van der Waals surface area contributed by atoms with E-state index >= 15 is 0 Å². The normalized spacial score (nSPS) is 10.8. The highest BCUT2D eigenvalue weighted by Crippen LogP contribution is 2.18. The highest BCUT2D eigenvalue weighted by Gasteiger charge is 2.09. The predicted molar refractivity (Wildman–Crippen MR) is 71.1 cm³/mol. The Balaban J connectivity index is 2.37. The maximum absolute atomic E-state index is 5.81. The van der Waals surface area contributed by atoms with Gasteiger partial charge in [0.1, 0.15) is 0 Å². The summed E-state index contributed by atoms with van der Waals surface area (Å²) in [4.78, 5) is 4.29. The Kier molecular flexibility index (Phi) is 2.92. The van der Waals surface area contributed by atoms with Crippen LogP contribution in [0.5, 0.6) is 0 Å². The van der Waals surface area contributed by atoms with Gasteiger partial charge in [-0.05, 0) is 26.3 Å². The fourth-order valence-electron chi connectivity index (χ4n) is 2.30. The smallest absolute Gasteiger partial charge is 0.200 e. The second kappa shape index (κ2) is 4.24. The summed E-state index contributed by atoms with van der Waals surface area (Å²) < 4.78 is 1.97. The topological polar surface area (TPSA) is 43.8 Å². The minimum atomic E-state index is 0.585. The maximum Gasteiger partial charge on any atom is 0.200 e. The van der Waals surface area contributed by atoms with Crippen molar-refractivity contribution >= 4 is 5.95 Å². The van der Waals surface area contributed by atoms with Crippen molar-refractivity contribution in [3.8, 4) is 0 Å². The average molecular weight is 229 g/mol. The van der Waals surface area contributed by atoms with Crippen molar-refractivity contribution < 1.29 is 0 Å². The van der Waals surface area contributed by atoms with Crippen LogP contribution in [0, 0.1) is 20.8 Å². The summed E-state index contributed by atoms with van der Waals surface area (Å²) in [5.74, 6) is 0.585. The van der Waals surface area contributed by atoms with Crippen molar-refractivity contribution in [2.75, 3.05) is 5.73 Å². The van der Waals surface area contributed by atoms with Crippen molar-refractivity contribution in [2.45, 2.75) is 27.2 Å². The number of nitrogens with zero attached hydrogens (tertiary/aromatic N) is 2. The summed E-state index contributed by atoms with van der Waals surface area (Å²) in [7, 11) is 1.97. The van der Waals surface area contributed by atoms with Gasteiger partial charge in [-0.1, -0.05) is 29.3 Å². The van der Waals surface area contributed by atoms with Crippen molar-refractivity contribution in [1.82, 2.24) is 9.55 Å². The van der Waals surface area contributed by atoms with Crippen LogP contribution in [0.2, 0.25) is 0 Å². The lowest BCUT2D eigenvalue weighted by molar-refractivity contribution is 0.852. The van der Waals surface area contributed by atoms with Gasteiger partial charge in [-0.25, -0.2) is 4.98 Å². The standard InChI is InChI=1S/C14H19N3/c1-9-5-10(2)7-12(6-9)8-13-11(3)16-14(15)17(13)4/h5-7H,8H2,1-4H3,(H2,15,16). The molecule has 17 heavy (non-hydrogen) atoms. The molecule has 0 aliphatic carbocycles. The highest BCUT2D eigenvalue weighted by atomic mass is 15.1. The van der Waals surface area contributed by atoms with Gasteiger partial charge in [0, 0.05) is 19.2 Å². The molecule has 1 aromatic carbocycles. The van der Waals surface area contributed by atoms with Crippen LogP contribution in [0.4, 0.5) is 5.95 Å². The van der Waals surface area contributed by atoms with E-state index in [0.717, 1.165) is 12.1 Å². The molecule has 2 rings (SSSR count). The van der Waals surface area contributed by atoms with Crippen LogP contribution >= 0.6 is 0 Å². The molecule has 0 saturated heterocycles. The van der Waals surface area contributed by atoms with Gasteiger partial charge in [-0.3, -0.25) is 0 Å². The van der Waals surface area contributed by atoms with Gasteiger partial charge < -0.3 is 10.3 Å². The van der Waals surface area contributed by atoms with E-state index in [1.54, 1.807) is 0 Å². The Bertz CT molecular complexity index is 533. The molecule has 2 N–H and O–H groups in total. The molecule has 90 valence electrons. The Labute approximate surface area is 102 Å². The summed E-state index contributed by atoms with van der Waals surface area (Å²) >= 11 is 0. The lowest BCUT2D eigenvalue weighted by Crippen LogP contribution is -2.03. The van der Waals surface area contributed by atoms with E-state index in [-0.39, 0.29) is 0 Å². The van der Waals surface area contributed by atoms with Crippen LogP contribution in [0.15, 0.2) is 18.2 Å². The Morgan fingerprint density at radius 3 is 2.18 bits per heavy atom. The SMILES string of the molecule is Cc1cc(C)cc(Cc2c(C)nc(N)n2C)c1. The predicted octanol–water partition coefficient (Wildman–Crippen LogP) is 2.52. The Hall–Kier alpha value is -1.77. The molecule has 3 nitrogen and oxygen atoms in total. The van der Waals surface area contributed by atoms with E-state index in [4.69, 9.17) is 5.73 Å². The van der Waals surface area contributed by atoms with Crippen LogP contribution in [0.25, 0.3) is 0 Å². The number of imidazole rings is 1. The monoisotopic (exact) mass is 229 g/mol. The third kappa shape index (κ3) is 2.33. The van der Waals surface area contributed by atoms with Crippen molar-refractivity contribution in [3.63, 3.8) is 0 Å². The number of benzene rings is 1. The Morgan fingerprint density at radius 1 is 1.12 bits per heavy atom. The van der Waals surface area contributed by atoms with Crippen molar-refractivity contribution in [2.24, 2.45) is 7.05 Å². The molecule has 2 aromatic rings. The molecule has 1 heterocycles. The van der Waals surface area contributed by atoms with Gasteiger partial charge in [-0.15, -0.1) is 0 Å². The van der Waals surface area contributed by atoms with Gasteiger partial charge in [0.25, 0.3) is 0 Å². The fraction of sp³-hybridized carbons (Fsp3) is 0.357. The number of rotatable bonds is 2. The molecule has 0 spiro atoms. The number of nitrogens with two attached hydrogens (primary N) is 1. The van der Waals surface area contributed by atoms with Gasteiger partial charge in [0.15, 0.2) is 5.95 Å².